The Kier molecular flexibility index (Phi) is 3.23. The molecule has 0 aliphatic rings. The molecule has 7 heteroatoms. The molecule has 0 radical (unpaired) electrons. The van der Waals surface area contributed by atoms with Gasteiger partial charge in [-0.2, -0.15) is 4.98 Å². The van der Waals surface area contributed by atoms with Gasteiger partial charge in [0, 0.05) is 12.5 Å². The van der Waals surface area contributed by atoms with E-state index in [-0.39, 0.29) is 17.3 Å². The largest absolute Gasteiger partial charge is 0.337 e. The average molecular weight is 255 g/mol. The van der Waals surface area contributed by atoms with E-state index >= 15 is 0 Å². The maximum absolute atomic E-state index is 11.7. The Labute approximate surface area is 102 Å². The Bertz CT molecular complexity index is 590. The van der Waals surface area contributed by atoms with Crippen molar-refractivity contribution in [2.45, 2.75) is 26.8 Å². The predicted octanol–water partition coefficient (Wildman–Crippen LogP) is 1.20. The molecule has 2 aromatic rings. The summed E-state index contributed by atoms with van der Waals surface area (Å²) in [5.74, 6) is 1.52. The van der Waals surface area contributed by atoms with Crippen LogP contribution in [0.4, 0.5) is 0 Å². The van der Waals surface area contributed by atoms with Crippen LogP contribution in [0, 0.1) is 6.92 Å². The highest BCUT2D eigenvalue weighted by Gasteiger charge is 2.09. The van der Waals surface area contributed by atoms with Crippen LogP contribution in [-0.4, -0.2) is 19.7 Å². The highest BCUT2D eigenvalue weighted by atomic mass is 35.5. The zero-order valence-electron chi connectivity index (χ0n) is 9.47. The summed E-state index contributed by atoms with van der Waals surface area (Å²) in [4.78, 5) is 19.8. The van der Waals surface area contributed by atoms with Gasteiger partial charge in [-0.25, -0.2) is 4.98 Å². The van der Waals surface area contributed by atoms with Crippen molar-refractivity contribution in [3.05, 3.63) is 39.1 Å². The Hall–Kier alpha value is -1.69. The molecule has 0 saturated carbocycles. The van der Waals surface area contributed by atoms with Gasteiger partial charge < -0.3 is 4.52 Å². The van der Waals surface area contributed by atoms with Crippen LogP contribution in [0.5, 0.6) is 0 Å². The summed E-state index contributed by atoms with van der Waals surface area (Å²) in [7, 11) is 0. The summed E-state index contributed by atoms with van der Waals surface area (Å²) in [5.41, 5.74) is -0.237. The first-order valence-electron chi connectivity index (χ1n) is 5.15. The smallest absolute Gasteiger partial charge is 0.255 e. The van der Waals surface area contributed by atoms with E-state index in [2.05, 4.69) is 15.1 Å². The molecule has 17 heavy (non-hydrogen) atoms. The van der Waals surface area contributed by atoms with Gasteiger partial charge >= 0.3 is 0 Å². The fraction of sp³-hybridized carbons (Fsp3) is 0.400. The van der Waals surface area contributed by atoms with Gasteiger partial charge in [0.1, 0.15) is 17.5 Å². The Balaban J connectivity index is 2.33. The van der Waals surface area contributed by atoms with Gasteiger partial charge in [0.05, 0.1) is 0 Å². The highest BCUT2D eigenvalue weighted by molar-refractivity contribution is 6.29. The molecule has 0 saturated heterocycles. The van der Waals surface area contributed by atoms with Gasteiger partial charge in [-0.1, -0.05) is 23.7 Å². The Morgan fingerprint density at radius 2 is 2.24 bits per heavy atom. The molecule has 0 spiro atoms. The van der Waals surface area contributed by atoms with Crippen LogP contribution in [0.3, 0.4) is 0 Å². The minimum Gasteiger partial charge on any atom is -0.337 e. The Morgan fingerprint density at radius 3 is 2.82 bits per heavy atom. The standard InChI is InChI=1S/C10H11ClN4O2/c1-3-8-13-9(17-14-8)5-15-6(2)12-7(11)4-10(15)16/h4H,3,5H2,1-2H3. The van der Waals surface area contributed by atoms with E-state index in [4.69, 9.17) is 16.1 Å². The summed E-state index contributed by atoms with van der Waals surface area (Å²) < 4.78 is 6.45. The number of halogens is 1. The van der Waals surface area contributed by atoms with E-state index in [1.807, 2.05) is 6.92 Å². The van der Waals surface area contributed by atoms with Crippen LogP contribution < -0.4 is 5.56 Å². The summed E-state index contributed by atoms with van der Waals surface area (Å²) in [6.45, 7) is 3.84. The molecular formula is C10H11ClN4O2. The molecule has 90 valence electrons. The highest BCUT2D eigenvalue weighted by Crippen LogP contribution is 2.04. The molecule has 2 aromatic heterocycles. The molecule has 2 heterocycles. The maximum Gasteiger partial charge on any atom is 0.255 e. The van der Waals surface area contributed by atoms with E-state index in [1.165, 1.54) is 10.6 Å². The first kappa shape index (κ1) is 11.8. The van der Waals surface area contributed by atoms with Crippen molar-refractivity contribution in [2.75, 3.05) is 0 Å². The van der Waals surface area contributed by atoms with Crippen LogP contribution in [0.2, 0.25) is 5.15 Å². The first-order valence-corrected chi connectivity index (χ1v) is 5.53. The lowest BCUT2D eigenvalue weighted by molar-refractivity contribution is 0.363. The normalized spacial score (nSPS) is 10.8. The van der Waals surface area contributed by atoms with Crippen molar-refractivity contribution in [1.29, 1.82) is 0 Å². The molecule has 0 aromatic carbocycles. The second kappa shape index (κ2) is 4.67. The molecule has 0 N–H and O–H groups in total. The van der Waals surface area contributed by atoms with Crippen molar-refractivity contribution >= 4 is 11.6 Å². The summed E-state index contributed by atoms with van der Waals surface area (Å²) in [6, 6.07) is 1.26. The van der Waals surface area contributed by atoms with E-state index in [9.17, 15) is 4.79 Å². The molecule has 0 aliphatic heterocycles. The van der Waals surface area contributed by atoms with Crippen molar-refractivity contribution in [3.8, 4) is 0 Å². The van der Waals surface area contributed by atoms with E-state index in [1.54, 1.807) is 6.92 Å². The second-order valence-electron chi connectivity index (χ2n) is 3.51. The van der Waals surface area contributed by atoms with Gasteiger partial charge in [-0.15, -0.1) is 0 Å². The van der Waals surface area contributed by atoms with E-state index < -0.39 is 0 Å². The molecular weight excluding hydrogens is 244 g/mol. The second-order valence-corrected chi connectivity index (χ2v) is 3.90. The van der Waals surface area contributed by atoms with Crippen LogP contribution in [0.25, 0.3) is 0 Å². The minimum atomic E-state index is -0.237. The number of aryl methyl sites for hydroxylation is 2. The summed E-state index contributed by atoms with van der Waals surface area (Å²) in [5, 5.41) is 3.94. The molecule has 0 fully saturated rings. The number of hydrogen-bond acceptors (Lipinski definition) is 5. The van der Waals surface area contributed by atoms with Crippen molar-refractivity contribution in [3.63, 3.8) is 0 Å². The first-order chi connectivity index (χ1) is 8.10. The van der Waals surface area contributed by atoms with Gasteiger partial charge in [0.2, 0.25) is 5.89 Å². The third-order valence-corrected chi connectivity index (χ3v) is 2.48. The summed E-state index contributed by atoms with van der Waals surface area (Å²) >= 11 is 5.68. The van der Waals surface area contributed by atoms with Crippen LogP contribution in [0.15, 0.2) is 15.4 Å². The number of aromatic nitrogens is 4. The fourth-order valence-corrected chi connectivity index (χ4v) is 1.63. The predicted molar refractivity (Wildman–Crippen MR) is 61.0 cm³/mol. The maximum atomic E-state index is 11.7. The number of hydrogen-bond donors (Lipinski definition) is 0. The molecule has 2 rings (SSSR count). The molecule has 0 unspecified atom stereocenters. The molecule has 0 bridgehead atoms. The monoisotopic (exact) mass is 254 g/mol. The lowest BCUT2D eigenvalue weighted by Crippen LogP contribution is -2.23. The van der Waals surface area contributed by atoms with Gasteiger partial charge in [-0.3, -0.25) is 9.36 Å². The average Bonchev–Trinajstić information content (AvgIpc) is 2.71. The van der Waals surface area contributed by atoms with Crippen LogP contribution in [-0.2, 0) is 13.0 Å². The molecule has 0 aliphatic carbocycles. The van der Waals surface area contributed by atoms with Crippen LogP contribution in [0.1, 0.15) is 24.5 Å². The fourth-order valence-electron chi connectivity index (χ4n) is 1.41. The van der Waals surface area contributed by atoms with E-state index in [0.29, 0.717) is 24.0 Å². The lowest BCUT2D eigenvalue weighted by atomic mass is 10.4. The minimum absolute atomic E-state index is 0.184. The zero-order valence-corrected chi connectivity index (χ0v) is 10.2. The van der Waals surface area contributed by atoms with Gasteiger partial charge in [0.25, 0.3) is 5.56 Å². The summed E-state index contributed by atoms with van der Waals surface area (Å²) in [6.07, 6.45) is 0.691. The van der Waals surface area contributed by atoms with Crippen molar-refractivity contribution < 1.29 is 4.52 Å². The van der Waals surface area contributed by atoms with E-state index in [0.717, 1.165) is 0 Å². The van der Waals surface area contributed by atoms with Crippen molar-refractivity contribution in [1.82, 2.24) is 19.7 Å². The molecule has 0 atom stereocenters. The zero-order chi connectivity index (χ0) is 12.4. The topological polar surface area (TPSA) is 73.8 Å². The van der Waals surface area contributed by atoms with Crippen LogP contribution >= 0.6 is 11.6 Å². The number of nitrogens with zero attached hydrogens (tertiary/aromatic N) is 4. The molecule has 6 nitrogen and oxygen atoms in total. The van der Waals surface area contributed by atoms with Crippen molar-refractivity contribution in [2.24, 2.45) is 0 Å². The van der Waals surface area contributed by atoms with Gasteiger partial charge in [-0.05, 0) is 6.92 Å². The Morgan fingerprint density at radius 1 is 1.47 bits per heavy atom. The SMILES string of the molecule is CCc1noc(Cn2c(C)nc(Cl)cc2=O)n1. The van der Waals surface area contributed by atoms with Gasteiger partial charge in [0.15, 0.2) is 5.82 Å². The molecule has 0 amide bonds. The number of rotatable bonds is 3. The third kappa shape index (κ3) is 2.52. The third-order valence-electron chi connectivity index (χ3n) is 2.29. The quantitative estimate of drug-likeness (QED) is 0.770. The lowest BCUT2D eigenvalue weighted by Gasteiger charge is -2.05.